The number of hydrogen-bond donors (Lipinski definition) is 3. The molecule has 3 rings (SSSR count). The molecule has 29 heavy (non-hydrogen) atoms. The molecule has 0 spiro atoms. The van der Waals surface area contributed by atoms with Crippen molar-refractivity contribution in [3.63, 3.8) is 0 Å². The van der Waals surface area contributed by atoms with Gasteiger partial charge >= 0.3 is 0 Å². The van der Waals surface area contributed by atoms with Crippen LogP contribution in [0.15, 0.2) is 77.9 Å². The van der Waals surface area contributed by atoms with Gasteiger partial charge in [0.2, 0.25) is 0 Å². The predicted molar refractivity (Wildman–Crippen MR) is 111 cm³/mol. The Balaban J connectivity index is 1.70. The molecular weight excluding hydrogens is 370 g/mol. The largest absolute Gasteiger partial charge is 0.508 e. The van der Waals surface area contributed by atoms with Crippen molar-refractivity contribution in [1.29, 1.82) is 0 Å². The van der Waals surface area contributed by atoms with Crippen molar-refractivity contribution in [1.82, 2.24) is 5.43 Å². The van der Waals surface area contributed by atoms with Crippen LogP contribution in [0.2, 0.25) is 0 Å². The van der Waals surface area contributed by atoms with Gasteiger partial charge in [-0.15, -0.1) is 0 Å². The normalized spacial score (nSPS) is 10.5. The molecule has 3 aromatic rings. The number of ether oxygens (including phenoxy) is 1. The van der Waals surface area contributed by atoms with E-state index in [0.717, 1.165) is 0 Å². The summed E-state index contributed by atoms with van der Waals surface area (Å²) in [4.78, 5) is 25.0. The molecule has 7 nitrogen and oxygen atoms in total. The minimum absolute atomic E-state index is 0.104. The number of benzene rings is 3. The van der Waals surface area contributed by atoms with E-state index in [9.17, 15) is 14.7 Å². The van der Waals surface area contributed by atoms with Crippen LogP contribution in [0.4, 0.5) is 5.69 Å². The van der Waals surface area contributed by atoms with E-state index in [0.29, 0.717) is 22.6 Å². The monoisotopic (exact) mass is 389 g/mol. The van der Waals surface area contributed by atoms with Crippen molar-refractivity contribution in [3.8, 4) is 11.5 Å². The number of nitrogens with zero attached hydrogens (tertiary/aromatic N) is 1. The van der Waals surface area contributed by atoms with Crippen LogP contribution in [0.25, 0.3) is 0 Å². The molecule has 0 bridgehead atoms. The quantitative estimate of drug-likeness (QED) is 0.444. The number of hydrazone groups is 1. The lowest BCUT2D eigenvalue weighted by Gasteiger charge is -2.10. The Hall–Kier alpha value is -4.13. The number of phenolic OH excluding ortho intramolecular Hbond substituents is 1. The number of methoxy groups -OCH3 is 1. The standard InChI is InChI=1S/C22H19N3O4/c1-29-18-11-9-16(10-12-18)21(27)24-20-8-3-2-7-19(20)22(28)25-23-14-15-5-4-6-17(26)13-15/h2-14,26H,1H3,(H,24,27)(H,25,28)/b23-14+. The van der Waals surface area contributed by atoms with Gasteiger partial charge in [-0.2, -0.15) is 5.10 Å². The van der Waals surface area contributed by atoms with E-state index in [1.807, 2.05) is 0 Å². The van der Waals surface area contributed by atoms with Gasteiger partial charge in [0.1, 0.15) is 11.5 Å². The van der Waals surface area contributed by atoms with Crippen LogP contribution in [0.3, 0.4) is 0 Å². The molecule has 3 aromatic carbocycles. The number of para-hydroxylation sites is 1. The lowest BCUT2D eigenvalue weighted by atomic mass is 10.1. The van der Waals surface area contributed by atoms with E-state index in [4.69, 9.17) is 4.74 Å². The van der Waals surface area contributed by atoms with Crippen LogP contribution >= 0.6 is 0 Å². The van der Waals surface area contributed by atoms with E-state index in [-0.39, 0.29) is 17.2 Å². The fourth-order valence-electron chi connectivity index (χ4n) is 2.56. The Morgan fingerprint density at radius 1 is 0.966 bits per heavy atom. The van der Waals surface area contributed by atoms with E-state index in [1.54, 1.807) is 67.8 Å². The fraction of sp³-hybridized carbons (Fsp3) is 0.0455. The van der Waals surface area contributed by atoms with E-state index < -0.39 is 5.91 Å². The van der Waals surface area contributed by atoms with Crippen LogP contribution in [-0.2, 0) is 0 Å². The first-order chi connectivity index (χ1) is 14.1. The number of aromatic hydroxyl groups is 1. The number of amides is 2. The van der Waals surface area contributed by atoms with E-state index >= 15 is 0 Å². The lowest BCUT2D eigenvalue weighted by molar-refractivity contribution is 0.0956. The van der Waals surface area contributed by atoms with Crippen molar-refractivity contribution in [2.24, 2.45) is 5.10 Å². The number of anilines is 1. The second kappa shape index (κ2) is 9.18. The molecule has 0 saturated carbocycles. The molecule has 0 atom stereocenters. The topological polar surface area (TPSA) is 100 Å². The fourth-order valence-corrected chi connectivity index (χ4v) is 2.56. The second-order valence-corrected chi connectivity index (χ2v) is 6.02. The van der Waals surface area contributed by atoms with Crippen LogP contribution in [-0.4, -0.2) is 30.2 Å². The highest BCUT2D eigenvalue weighted by Crippen LogP contribution is 2.18. The number of nitrogens with one attached hydrogen (secondary N) is 2. The summed E-state index contributed by atoms with van der Waals surface area (Å²) in [6.07, 6.45) is 1.41. The zero-order valence-electron chi connectivity index (χ0n) is 15.6. The first-order valence-corrected chi connectivity index (χ1v) is 8.73. The van der Waals surface area contributed by atoms with Gasteiger partial charge in [-0.05, 0) is 54.1 Å². The van der Waals surface area contributed by atoms with Crippen molar-refractivity contribution in [2.75, 3.05) is 12.4 Å². The van der Waals surface area contributed by atoms with Gasteiger partial charge in [-0.3, -0.25) is 9.59 Å². The van der Waals surface area contributed by atoms with Gasteiger partial charge in [-0.25, -0.2) is 5.43 Å². The Morgan fingerprint density at radius 2 is 1.72 bits per heavy atom. The molecule has 0 unspecified atom stereocenters. The number of carbonyl (C=O) groups is 2. The summed E-state index contributed by atoms with van der Waals surface area (Å²) in [6.45, 7) is 0. The van der Waals surface area contributed by atoms with Crippen molar-refractivity contribution in [2.45, 2.75) is 0 Å². The van der Waals surface area contributed by atoms with Crippen LogP contribution in [0, 0.1) is 0 Å². The third-order valence-electron chi connectivity index (χ3n) is 4.02. The van der Waals surface area contributed by atoms with Crippen molar-refractivity contribution >= 4 is 23.7 Å². The Morgan fingerprint density at radius 3 is 2.45 bits per heavy atom. The molecule has 7 heteroatoms. The molecule has 0 saturated heterocycles. The molecule has 146 valence electrons. The molecule has 0 fully saturated rings. The maximum Gasteiger partial charge on any atom is 0.273 e. The SMILES string of the molecule is COc1ccc(C(=O)Nc2ccccc2C(=O)N/N=C/c2cccc(O)c2)cc1. The summed E-state index contributed by atoms with van der Waals surface area (Å²) in [7, 11) is 1.55. The van der Waals surface area contributed by atoms with Gasteiger partial charge in [-0.1, -0.05) is 24.3 Å². The average Bonchev–Trinajstić information content (AvgIpc) is 2.74. The smallest absolute Gasteiger partial charge is 0.273 e. The highest BCUT2D eigenvalue weighted by molar-refractivity contribution is 6.09. The van der Waals surface area contributed by atoms with Gasteiger partial charge in [0.25, 0.3) is 11.8 Å². The summed E-state index contributed by atoms with van der Waals surface area (Å²) in [5.41, 5.74) is 4.11. The Labute approximate surface area is 167 Å². The van der Waals surface area contributed by atoms with Gasteiger partial charge in [0.05, 0.1) is 24.6 Å². The minimum Gasteiger partial charge on any atom is -0.508 e. The highest BCUT2D eigenvalue weighted by atomic mass is 16.5. The van der Waals surface area contributed by atoms with E-state index in [1.165, 1.54) is 18.3 Å². The first-order valence-electron chi connectivity index (χ1n) is 8.73. The third kappa shape index (κ3) is 5.20. The summed E-state index contributed by atoms with van der Waals surface area (Å²) in [5.74, 6) is -0.0824. The highest BCUT2D eigenvalue weighted by Gasteiger charge is 2.13. The first kappa shape index (κ1) is 19.6. The second-order valence-electron chi connectivity index (χ2n) is 6.02. The van der Waals surface area contributed by atoms with Gasteiger partial charge in [0.15, 0.2) is 0 Å². The summed E-state index contributed by atoms with van der Waals surface area (Å²) in [6, 6.07) is 19.7. The number of phenols is 1. The van der Waals surface area contributed by atoms with Crippen LogP contribution in [0.1, 0.15) is 26.3 Å². The molecule has 0 heterocycles. The molecule has 2 amide bonds. The Bertz CT molecular complexity index is 1050. The zero-order chi connectivity index (χ0) is 20.6. The maximum absolute atomic E-state index is 12.5. The summed E-state index contributed by atoms with van der Waals surface area (Å²) >= 11 is 0. The van der Waals surface area contributed by atoms with Crippen LogP contribution in [0.5, 0.6) is 11.5 Å². The average molecular weight is 389 g/mol. The minimum atomic E-state index is -0.480. The molecule has 3 N–H and O–H groups in total. The molecule has 0 aromatic heterocycles. The molecule has 0 aliphatic carbocycles. The predicted octanol–water partition coefficient (Wildman–Crippen LogP) is 3.42. The summed E-state index contributed by atoms with van der Waals surface area (Å²) in [5, 5.41) is 16.1. The molecule has 0 radical (unpaired) electrons. The van der Waals surface area contributed by atoms with E-state index in [2.05, 4.69) is 15.8 Å². The third-order valence-corrected chi connectivity index (χ3v) is 4.02. The number of carbonyl (C=O) groups excluding carboxylic acids is 2. The summed E-state index contributed by atoms with van der Waals surface area (Å²) < 4.78 is 5.08. The van der Waals surface area contributed by atoms with Gasteiger partial charge < -0.3 is 15.2 Å². The zero-order valence-corrected chi connectivity index (χ0v) is 15.6. The Kier molecular flexibility index (Phi) is 6.22. The number of hydrogen-bond acceptors (Lipinski definition) is 5. The maximum atomic E-state index is 12.5. The molecular formula is C22H19N3O4. The van der Waals surface area contributed by atoms with Gasteiger partial charge in [0, 0.05) is 5.56 Å². The molecule has 0 aliphatic heterocycles. The number of rotatable bonds is 6. The molecule has 0 aliphatic rings. The lowest BCUT2D eigenvalue weighted by Crippen LogP contribution is -2.21. The van der Waals surface area contributed by atoms with Crippen molar-refractivity contribution in [3.05, 3.63) is 89.5 Å². The van der Waals surface area contributed by atoms with Crippen molar-refractivity contribution < 1.29 is 19.4 Å². The van der Waals surface area contributed by atoms with Crippen LogP contribution < -0.4 is 15.5 Å².